The van der Waals surface area contributed by atoms with Gasteiger partial charge in [-0.25, -0.2) is 0 Å². The van der Waals surface area contributed by atoms with Crippen LogP contribution in [0.15, 0.2) is 11.6 Å². The maximum Gasteiger partial charge on any atom is 0.413 e. The Balaban J connectivity index is 2.61. The van der Waals surface area contributed by atoms with Crippen LogP contribution in [0.3, 0.4) is 0 Å². The zero-order valence-electron chi connectivity index (χ0n) is 4.50. The third-order valence-electron chi connectivity index (χ3n) is 1.06. The number of rotatable bonds is 0. The average Bonchev–Trinajstić information content (AvgIpc) is 2.08. The summed E-state index contributed by atoms with van der Waals surface area (Å²) < 4.78 is 34.9. The van der Waals surface area contributed by atoms with E-state index in [1.165, 1.54) is 6.54 Å². The Labute approximate surface area is 50.6 Å². The second-order valence-corrected chi connectivity index (χ2v) is 1.74. The van der Waals surface area contributed by atoms with E-state index in [1.54, 1.807) is 0 Å². The third-order valence-corrected chi connectivity index (χ3v) is 1.06. The van der Waals surface area contributed by atoms with Gasteiger partial charge in [0, 0.05) is 18.7 Å². The fraction of sp³-hybridized carbons (Fsp3) is 0.400. The summed E-state index contributed by atoms with van der Waals surface area (Å²) in [4.78, 5) is 0. The van der Waals surface area contributed by atoms with Crippen molar-refractivity contribution in [1.29, 1.82) is 0 Å². The molecule has 1 heterocycles. The number of hydrogen-bond acceptors (Lipinski definition) is 1. The van der Waals surface area contributed by atoms with Crippen LogP contribution in [0.1, 0.15) is 0 Å². The van der Waals surface area contributed by atoms with E-state index >= 15 is 0 Å². The average molecular weight is 136 g/mol. The van der Waals surface area contributed by atoms with Crippen LogP contribution in [0, 0.1) is 6.54 Å². The van der Waals surface area contributed by atoms with E-state index in [1.807, 2.05) is 0 Å². The molecule has 4 heteroatoms. The van der Waals surface area contributed by atoms with Crippen molar-refractivity contribution in [3.8, 4) is 0 Å². The monoisotopic (exact) mass is 136 g/mol. The Hall–Kier alpha value is -0.510. The fourth-order valence-electron chi connectivity index (χ4n) is 0.582. The summed E-state index contributed by atoms with van der Waals surface area (Å²) in [5.74, 6) is 0. The standard InChI is InChI=1S/C5H5F3N/c6-5(7,8)4-1-2-9-3-4/h1-2,9H,3H2. The van der Waals surface area contributed by atoms with Crippen molar-refractivity contribution in [1.82, 2.24) is 5.32 Å². The van der Waals surface area contributed by atoms with Crippen molar-refractivity contribution in [3.63, 3.8) is 0 Å². The fourth-order valence-corrected chi connectivity index (χ4v) is 0.582. The molecule has 1 N–H and O–H groups in total. The molecule has 1 aliphatic heterocycles. The molecule has 0 amide bonds. The Morgan fingerprint density at radius 2 is 2.11 bits per heavy atom. The molecule has 0 saturated carbocycles. The summed E-state index contributed by atoms with van der Waals surface area (Å²) >= 11 is 0. The Kier molecular flexibility index (Phi) is 1.48. The molecule has 0 spiro atoms. The van der Waals surface area contributed by atoms with Crippen molar-refractivity contribution in [2.75, 3.05) is 6.54 Å². The SMILES string of the molecule is FC(F)(F)C1=C[CH]NC1. The molecule has 1 radical (unpaired) electrons. The van der Waals surface area contributed by atoms with Crippen LogP contribution in [0.25, 0.3) is 0 Å². The molecule has 0 aromatic heterocycles. The summed E-state index contributed by atoms with van der Waals surface area (Å²) in [5, 5.41) is 2.44. The summed E-state index contributed by atoms with van der Waals surface area (Å²) in [5.41, 5.74) is -0.512. The highest BCUT2D eigenvalue weighted by atomic mass is 19.4. The summed E-state index contributed by atoms with van der Waals surface area (Å²) in [6, 6.07) is 0. The predicted octanol–water partition coefficient (Wildman–Crippen LogP) is 1.24. The first-order valence-corrected chi connectivity index (χ1v) is 2.43. The van der Waals surface area contributed by atoms with Gasteiger partial charge in [0.2, 0.25) is 0 Å². The largest absolute Gasteiger partial charge is 0.413 e. The number of alkyl halides is 3. The lowest BCUT2D eigenvalue weighted by Gasteiger charge is -2.04. The van der Waals surface area contributed by atoms with Gasteiger partial charge < -0.3 is 5.32 Å². The second kappa shape index (κ2) is 2.02. The first kappa shape index (κ1) is 6.61. The molecule has 1 rings (SSSR count). The van der Waals surface area contributed by atoms with Crippen molar-refractivity contribution < 1.29 is 13.2 Å². The van der Waals surface area contributed by atoms with Crippen LogP contribution >= 0.6 is 0 Å². The number of halogens is 3. The minimum Gasteiger partial charge on any atom is -0.305 e. The first-order chi connectivity index (χ1) is 4.11. The summed E-state index contributed by atoms with van der Waals surface area (Å²) in [6.45, 7) is 1.20. The van der Waals surface area contributed by atoms with Crippen molar-refractivity contribution in [2.45, 2.75) is 6.18 Å². The zero-order valence-corrected chi connectivity index (χ0v) is 4.50. The molecular formula is C5H5F3N. The van der Waals surface area contributed by atoms with Gasteiger partial charge in [-0.3, -0.25) is 0 Å². The van der Waals surface area contributed by atoms with E-state index in [2.05, 4.69) is 5.32 Å². The van der Waals surface area contributed by atoms with E-state index < -0.39 is 11.7 Å². The van der Waals surface area contributed by atoms with Crippen molar-refractivity contribution in [3.05, 3.63) is 18.2 Å². The van der Waals surface area contributed by atoms with Gasteiger partial charge in [0.05, 0.1) is 0 Å². The minimum absolute atomic E-state index is 0.0938. The van der Waals surface area contributed by atoms with Crippen molar-refractivity contribution >= 4 is 0 Å². The molecule has 1 aliphatic rings. The Morgan fingerprint density at radius 3 is 2.33 bits per heavy atom. The topological polar surface area (TPSA) is 12.0 Å². The molecule has 51 valence electrons. The van der Waals surface area contributed by atoms with Crippen LogP contribution in [0.5, 0.6) is 0 Å². The van der Waals surface area contributed by atoms with Gasteiger partial charge in [-0.15, -0.1) is 0 Å². The van der Waals surface area contributed by atoms with Gasteiger partial charge in [0.15, 0.2) is 0 Å². The quantitative estimate of drug-likeness (QED) is 0.528. The molecule has 9 heavy (non-hydrogen) atoms. The van der Waals surface area contributed by atoms with Gasteiger partial charge in [-0.1, -0.05) is 6.08 Å². The summed E-state index contributed by atoms with van der Waals surface area (Å²) in [6.07, 6.45) is -3.11. The van der Waals surface area contributed by atoms with Crippen LogP contribution in [-0.4, -0.2) is 12.7 Å². The maximum absolute atomic E-state index is 11.6. The van der Waals surface area contributed by atoms with E-state index in [9.17, 15) is 13.2 Å². The van der Waals surface area contributed by atoms with Gasteiger partial charge in [-0.2, -0.15) is 13.2 Å². The van der Waals surface area contributed by atoms with Crippen molar-refractivity contribution in [2.24, 2.45) is 0 Å². The lowest BCUT2D eigenvalue weighted by molar-refractivity contribution is -0.0918. The maximum atomic E-state index is 11.6. The number of hydrogen-bond donors (Lipinski definition) is 1. The lowest BCUT2D eigenvalue weighted by Crippen LogP contribution is -2.16. The van der Waals surface area contributed by atoms with Crippen LogP contribution in [0.4, 0.5) is 13.2 Å². The first-order valence-electron chi connectivity index (χ1n) is 2.43. The Bertz CT molecular complexity index is 136. The van der Waals surface area contributed by atoms with Gasteiger partial charge in [0.1, 0.15) is 0 Å². The normalized spacial score (nSPS) is 20.1. The van der Waals surface area contributed by atoms with Crippen LogP contribution in [-0.2, 0) is 0 Å². The van der Waals surface area contributed by atoms with Crippen LogP contribution < -0.4 is 5.32 Å². The molecule has 0 aromatic rings. The van der Waals surface area contributed by atoms with E-state index in [4.69, 9.17) is 0 Å². The predicted molar refractivity (Wildman–Crippen MR) is 26.4 cm³/mol. The molecule has 0 bridgehead atoms. The minimum atomic E-state index is -4.15. The lowest BCUT2D eigenvalue weighted by atomic mass is 10.3. The second-order valence-electron chi connectivity index (χ2n) is 1.74. The highest BCUT2D eigenvalue weighted by molar-refractivity contribution is 5.20. The van der Waals surface area contributed by atoms with Gasteiger partial charge in [-0.05, 0) is 0 Å². The molecular weight excluding hydrogens is 131 g/mol. The molecule has 0 fully saturated rings. The smallest absolute Gasteiger partial charge is 0.305 e. The Morgan fingerprint density at radius 1 is 1.44 bits per heavy atom. The van der Waals surface area contributed by atoms with Crippen LogP contribution in [0.2, 0.25) is 0 Å². The molecule has 0 saturated heterocycles. The van der Waals surface area contributed by atoms with E-state index in [-0.39, 0.29) is 6.54 Å². The van der Waals surface area contributed by atoms with E-state index in [0.717, 1.165) is 6.08 Å². The number of nitrogens with one attached hydrogen (secondary N) is 1. The molecule has 0 aromatic carbocycles. The highest BCUT2D eigenvalue weighted by Gasteiger charge is 2.34. The molecule has 0 atom stereocenters. The van der Waals surface area contributed by atoms with Gasteiger partial charge >= 0.3 is 6.18 Å². The third kappa shape index (κ3) is 1.45. The molecule has 0 aliphatic carbocycles. The summed E-state index contributed by atoms with van der Waals surface area (Å²) in [7, 11) is 0. The van der Waals surface area contributed by atoms with E-state index in [0.29, 0.717) is 0 Å². The highest BCUT2D eigenvalue weighted by Crippen LogP contribution is 2.26. The molecule has 1 nitrogen and oxygen atoms in total. The molecule has 0 unspecified atom stereocenters. The zero-order chi connectivity index (χ0) is 6.91. The van der Waals surface area contributed by atoms with Gasteiger partial charge in [0.25, 0.3) is 0 Å².